The molecule has 0 bridgehead atoms. The van der Waals surface area contributed by atoms with Crippen LogP contribution in [0.1, 0.15) is 15.9 Å². The molecule has 0 radical (unpaired) electrons. The van der Waals surface area contributed by atoms with Gasteiger partial charge >= 0.3 is 0 Å². The van der Waals surface area contributed by atoms with Crippen LogP contribution >= 0.6 is 0 Å². The number of phenols is 2. The number of Topliss-reactive ketones (excluding diaryl/α,β-unsaturated/α-hetero) is 1. The van der Waals surface area contributed by atoms with Crippen molar-refractivity contribution < 1.29 is 29.4 Å². The highest BCUT2D eigenvalue weighted by Gasteiger charge is 2.29. The summed E-state index contributed by atoms with van der Waals surface area (Å²) in [7, 11) is 1.30. The molecule has 0 saturated carbocycles. The van der Waals surface area contributed by atoms with Gasteiger partial charge in [-0.15, -0.1) is 0 Å². The molecular weight excluding hydrogens is 318 g/mol. The van der Waals surface area contributed by atoms with Crippen LogP contribution in [0.25, 0.3) is 6.08 Å². The maximum Gasteiger partial charge on any atom is 0.280 e. The van der Waals surface area contributed by atoms with E-state index >= 15 is 0 Å². The minimum atomic E-state index is -0.691. The van der Waals surface area contributed by atoms with Crippen LogP contribution in [0.3, 0.4) is 0 Å². The molecule has 0 aliphatic carbocycles. The van der Waals surface area contributed by atoms with Gasteiger partial charge in [0.25, 0.3) is 5.69 Å². The molecule has 0 spiro atoms. The minimum absolute atomic E-state index is 0.0213. The highest BCUT2D eigenvalue weighted by atomic mass is 16.6. The smallest absolute Gasteiger partial charge is 0.280 e. The van der Waals surface area contributed by atoms with Crippen LogP contribution in [0.15, 0.2) is 36.1 Å². The highest BCUT2D eigenvalue weighted by molar-refractivity contribution is 6.14. The predicted molar refractivity (Wildman–Crippen MR) is 82.4 cm³/mol. The molecule has 24 heavy (non-hydrogen) atoms. The lowest BCUT2D eigenvalue weighted by Crippen LogP contribution is -2.00. The predicted octanol–water partition coefficient (Wildman–Crippen LogP) is 2.63. The first-order valence-electron chi connectivity index (χ1n) is 6.73. The standard InChI is InChI=1S/C16H11NO7/c1-23-14-4-8(11(17(21)22)7-12(14)19)5-15-16(20)10-3-2-9(18)6-13(10)24-15/h2-7,18-19H,1H3/b15-5+. The number of aromatic hydroxyl groups is 2. The topological polar surface area (TPSA) is 119 Å². The summed E-state index contributed by atoms with van der Waals surface area (Å²) in [6.45, 7) is 0. The van der Waals surface area contributed by atoms with E-state index in [-0.39, 0.29) is 34.1 Å². The molecule has 8 nitrogen and oxygen atoms in total. The Morgan fingerprint density at radius 1 is 1.25 bits per heavy atom. The Morgan fingerprint density at radius 2 is 2.00 bits per heavy atom. The second kappa shape index (κ2) is 5.58. The van der Waals surface area contributed by atoms with Gasteiger partial charge in [0.05, 0.1) is 29.2 Å². The fourth-order valence-corrected chi connectivity index (χ4v) is 2.33. The first kappa shape index (κ1) is 15.3. The summed E-state index contributed by atoms with van der Waals surface area (Å²) < 4.78 is 10.3. The third-order valence-electron chi connectivity index (χ3n) is 3.46. The second-order valence-electron chi connectivity index (χ2n) is 4.96. The number of nitrogens with zero attached hydrogens (tertiary/aromatic N) is 1. The number of carbonyl (C=O) groups excluding carboxylic acids is 1. The number of fused-ring (bicyclic) bond motifs is 1. The number of hydrogen-bond acceptors (Lipinski definition) is 7. The molecule has 3 rings (SSSR count). The summed E-state index contributed by atoms with van der Waals surface area (Å²) in [5.74, 6) is -0.871. The Morgan fingerprint density at radius 3 is 2.67 bits per heavy atom. The zero-order valence-electron chi connectivity index (χ0n) is 12.3. The molecule has 0 unspecified atom stereocenters. The Kier molecular flexibility index (Phi) is 3.57. The number of nitro groups is 1. The van der Waals surface area contributed by atoms with Crippen molar-refractivity contribution >= 4 is 17.5 Å². The van der Waals surface area contributed by atoms with E-state index in [1.165, 1.54) is 37.5 Å². The van der Waals surface area contributed by atoms with Crippen molar-refractivity contribution in [1.82, 2.24) is 0 Å². The number of carbonyl (C=O) groups is 1. The van der Waals surface area contributed by atoms with Crippen LogP contribution in [0, 0.1) is 10.1 Å². The van der Waals surface area contributed by atoms with Crippen LogP contribution in [-0.4, -0.2) is 28.0 Å². The summed E-state index contributed by atoms with van der Waals surface area (Å²) >= 11 is 0. The molecule has 8 heteroatoms. The second-order valence-corrected chi connectivity index (χ2v) is 4.96. The van der Waals surface area contributed by atoms with Gasteiger partial charge in [0.15, 0.2) is 17.3 Å². The summed E-state index contributed by atoms with van der Waals surface area (Å²) in [4.78, 5) is 22.8. The third-order valence-corrected chi connectivity index (χ3v) is 3.46. The normalized spacial score (nSPS) is 14.4. The number of ether oxygens (including phenoxy) is 2. The van der Waals surface area contributed by atoms with Crippen molar-refractivity contribution in [2.75, 3.05) is 7.11 Å². The fourth-order valence-electron chi connectivity index (χ4n) is 2.33. The lowest BCUT2D eigenvalue weighted by molar-refractivity contribution is -0.385. The van der Waals surface area contributed by atoms with Gasteiger partial charge in [-0.2, -0.15) is 0 Å². The molecule has 0 aromatic heterocycles. The molecule has 0 amide bonds. The van der Waals surface area contributed by atoms with Gasteiger partial charge < -0.3 is 19.7 Å². The lowest BCUT2D eigenvalue weighted by atomic mass is 10.1. The van der Waals surface area contributed by atoms with Crippen molar-refractivity contribution in [3.8, 4) is 23.0 Å². The van der Waals surface area contributed by atoms with Crippen molar-refractivity contribution in [3.05, 3.63) is 57.3 Å². The molecule has 0 saturated heterocycles. The Hall–Kier alpha value is -3.55. The summed E-state index contributed by atoms with van der Waals surface area (Å²) in [6, 6.07) is 6.19. The van der Waals surface area contributed by atoms with E-state index < -0.39 is 22.1 Å². The van der Waals surface area contributed by atoms with Crippen molar-refractivity contribution in [2.45, 2.75) is 0 Å². The van der Waals surface area contributed by atoms with Crippen molar-refractivity contribution in [1.29, 1.82) is 0 Å². The molecule has 0 fully saturated rings. The third kappa shape index (κ3) is 2.50. The number of ketones is 1. The maximum absolute atomic E-state index is 12.3. The van der Waals surface area contributed by atoms with Gasteiger partial charge in [0, 0.05) is 6.07 Å². The number of nitro benzene ring substituents is 1. The van der Waals surface area contributed by atoms with Gasteiger partial charge in [-0.1, -0.05) is 0 Å². The van der Waals surface area contributed by atoms with Crippen molar-refractivity contribution in [3.63, 3.8) is 0 Å². The van der Waals surface area contributed by atoms with E-state index in [4.69, 9.17) is 9.47 Å². The van der Waals surface area contributed by atoms with E-state index in [1.54, 1.807) is 0 Å². The van der Waals surface area contributed by atoms with Crippen LogP contribution in [0.4, 0.5) is 5.69 Å². The SMILES string of the molecule is COc1cc(/C=C2/Oc3cc(O)ccc3C2=O)c([N+](=O)[O-])cc1O. The van der Waals surface area contributed by atoms with Gasteiger partial charge in [0.1, 0.15) is 11.5 Å². The number of allylic oxidation sites excluding steroid dienone is 1. The Labute approximate surface area is 135 Å². The number of benzene rings is 2. The van der Waals surface area contributed by atoms with Gasteiger partial charge in [-0.05, 0) is 24.3 Å². The molecule has 2 aromatic rings. The van der Waals surface area contributed by atoms with Gasteiger partial charge in [0.2, 0.25) is 5.78 Å². The van der Waals surface area contributed by atoms with Crippen LogP contribution < -0.4 is 9.47 Å². The minimum Gasteiger partial charge on any atom is -0.508 e. The first-order chi connectivity index (χ1) is 11.4. The number of rotatable bonds is 3. The summed E-state index contributed by atoms with van der Waals surface area (Å²) in [6.07, 6.45) is 1.19. The molecule has 2 aromatic carbocycles. The molecule has 1 heterocycles. The molecule has 0 atom stereocenters. The highest BCUT2D eigenvalue weighted by Crippen LogP contribution is 2.38. The lowest BCUT2D eigenvalue weighted by Gasteiger charge is -2.06. The average Bonchev–Trinajstić information content (AvgIpc) is 2.83. The number of phenolic OH excluding ortho intramolecular Hbond substituents is 2. The number of hydrogen-bond donors (Lipinski definition) is 2. The first-order valence-corrected chi connectivity index (χ1v) is 6.73. The van der Waals surface area contributed by atoms with E-state index in [2.05, 4.69) is 0 Å². The molecule has 1 aliphatic heterocycles. The monoisotopic (exact) mass is 329 g/mol. The van der Waals surface area contributed by atoms with Crippen molar-refractivity contribution in [2.24, 2.45) is 0 Å². The van der Waals surface area contributed by atoms with E-state index in [9.17, 15) is 25.1 Å². The molecular formula is C16H11NO7. The van der Waals surface area contributed by atoms with Crippen LogP contribution in [0.5, 0.6) is 23.0 Å². The van der Waals surface area contributed by atoms with Gasteiger partial charge in [-0.3, -0.25) is 14.9 Å². The van der Waals surface area contributed by atoms with Crippen LogP contribution in [0.2, 0.25) is 0 Å². The van der Waals surface area contributed by atoms with Crippen LogP contribution in [-0.2, 0) is 0 Å². The summed E-state index contributed by atoms with van der Waals surface area (Å²) in [5, 5.41) is 30.3. The Bertz CT molecular complexity index is 902. The molecule has 2 N–H and O–H groups in total. The summed E-state index contributed by atoms with van der Waals surface area (Å²) in [5.41, 5.74) is -0.126. The molecule has 1 aliphatic rings. The zero-order valence-corrected chi connectivity index (χ0v) is 12.3. The average molecular weight is 329 g/mol. The van der Waals surface area contributed by atoms with Gasteiger partial charge in [-0.25, -0.2) is 0 Å². The van der Waals surface area contributed by atoms with E-state index in [0.29, 0.717) is 0 Å². The zero-order chi connectivity index (χ0) is 17.4. The molecule has 122 valence electrons. The fraction of sp³-hybridized carbons (Fsp3) is 0.0625. The van der Waals surface area contributed by atoms with E-state index in [1.807, 2.05) is 0 Å². The number of methoxy groups -OCH3 is 1. The quantitative estimate of drug-likeness (QED) is 0.504. The largest absolute Gasteiger partial charge is 0.508 e. The van der Waals surface area contributed by atoms with E-state index in [0.717, 1.165) is 6.07 Å². The maximum atomic E-state index is 12.3. The Balaban J connectivity index is 2.09.